The summed E-state index contributed by atoms with van der Waals surface area (Å²) in [5.74, 6) is 0.756. The molecule has 1 saturated heterocycles. The predicted molar refractivity (Wildman–Crippen MR) is 131 cm³/mol. The van der Waals surface area contributed by atoms with Crippen LogP contribution in [0.2, 0.25) is 0 Å². The van der Waals surface area contributed by atoms with Gasteiger partial charge in [-0.25, -0.2) is 9.97 Å². The molecule has 0 bridgehead atoms. The number of nitrogens with zero attached hydrogens (tertiary/aromatic N) is 5. The van der Waals surface area contributed by atoms with Crippen LogP contribution in [0.4, 0.5) is 30.4 Å². The number of alkyl halides is 3. The third-order valence-corrected chi connectivity index (χ3v) is 6.58. The molecule has 11 heteroatoms. The Morgan fingerprint density at radius 1 is 1.08 bits per heavy atom. The number of fused-ring (bicyclic) bond motifs is 3. The van der Waals surface area contributed by atoms with Gasteiger partial charge in [0.1, 0.15) is 18.8 Å². The van der Waals surface area contributed by atoms with E-state index in [9.17, 15) is 18.0 Å². The molecule has 3 aromatic rings. The van der Waals surface area contributed by atoms with Crippen molar-refractivity contribution in [1.82, 2.24) is 19.8 Å². The van der Waals surface area contributed by atoms with Crippen LogP contribution in [-0.4, -0.2) is 78.6 Å². The van der Waals surface area contributed by atoms with E-state index in [0.717, 1.165) is 38.3 Å². The molecular weight excluding hydrogens is 473 g/mol. The molecule has 2 aliphatic heterocycles. The third kappa shape index (κ3) is 5.07. The van der Waals surface area contributed by atoms with Gasteiger partial charge in [-0.2, -0.15) is 13.2 Å². The number of likely N-dealkylation sites (N-methyl/N-ethyl adjacent to an activating group) is 1. The number of benzene rings is 2. The molecule has 1 N–H and O–H groups in total. The van der Waals surface area contributed by atoms with Crippen LogP contribution in [0.1, 0.15) is 12.0 Å². The minimum Gasteiger partial charge on any atom is -0.489 e. The molecular formula is C25H27F3N6O2. The summed E-state index contributed by atoms with van der Waals surface area (Å²) in [5.41, 5.74) is 0.642. The Morgan fingerprint density at radius 3 is 2.67 bits per heavy atom. The van der Waals surface area contributed by atoms with Crippen molar-refractivity contribution in [3.63, 3.8) is 0 Å². The van der Waals surface area contributed by atoms with Crippen molar-refractivity contribution in [3.05, 3.63) is 48.3 Å². The molecule has 190 valence electrons. The highest BCUT2D eigenvalue weighted by atomic mass is 19.4. The van der Waals surface area contributed by atoms with Gasteiger partial charge in [-0.05, 0) is 37.4 Å². The molecule has 2 aromatic carbocycles. The maximum atomic E-state index is 13.2. The number of carbonyl (C=O) groups excluding carboxylic acids is 1. The molecule has 8 nitrogen and oxygen atoms in total. The summed E-state index contributed by atoms with van der Waals surface area (Å²) >= 11 is 0. The Kier molecular flexibility index (Phi) is 6.67. The van der Waals surface area contributed by atoms with Gasteiger partial charge in [0.15, 0.2) is 5.75 Å². The van der Waals surface area contributed by atoms with Crippen LogP contribution in [0.25, 0.3) is 10.9 Å². The van der Waals surface area contributed by atoms with Crippen molar-refractivity contribution >= 4 is 34.0 Å². The summed E-state index contributed by atoms with van der Waals surface area (Å²) in [6.07, 6.45) is -2.73. The molecule has 3 heterocycles. The Bertz CT molecular complexity index is 1260. The molecule has 0 unspecified atom stereocenters. The van der Waals surface area contributed by atoms with Crippen molar-refractivity contribution in [2.24, 2.45) is 0 Å². The zero-order valence-corrected chi connectivity index (χ0v) is 19.9. The first-order valence-electron chi connectivity index (χ1n) is 11.9. The Balaban J connectivity index is 1.41. The highest BCUT2D eigenvalue weighted by Gasteiger charge is 2.31. The standard InChI is InChI=1S/C25H27F3N6O2/c1-32-9-11-33(12-10-32)8-7-21(35)34-13-14-36-23-20(34)6-5-19-22(23)24(30-16-29-19)31-18-4-2-3-17(15-18)25(26,27)28/h2-6,15-16H,7-14H2,1H3,(H,29,30,31). The molecule has 0 saturated carbocycles. The van der Waals surface area contributed by atoms with Crippen LogP contribution >= 0.6 is 0 Å². The van der Waals surface area contributed by atoms with Crippen molar-refractivity contribution in [3.8, 4) is 5.75 Å². The number of amides is 1. The predicted octanol–water partition coefficient (Wildman–Crippen LogP) is 3.76. The number of halogens is 3. The molecule has 1 fully saturated rings. The molecule has 2 aliphatic rings. The lowest BCUT2D eigenvalue weighted by Gasteiger charge is -2.34. The van der Waals surface area contributed by atoms with E-state index >= 15 is 0 Å². The van der Waals surface area contributed by atoms with Gasteiger partial charge in [0.05, 0.1) is 28.7 Å². The fraction of sp³-hybridized carbons (Fsp3) is 0.400. The number of anilines is 3. The smallest absolute Gasteiger partial charge is 0.416 e. The Labute approximate surface area is 206 Å². The van der Waals surface area contributed by atoms with Gasteiger partial charge in [-0.1, -0.05) is 6.07 Å². The van der Waals surface area contributed by atoms with Gasteiger partial charge < -0.3 is 24.8 Å². The van der Waals surface area contributed by atoms with E-state index in [4.69, 9.17) is 4.74 Å². The number of aromatic nitrogens is 2. The molecule has 36 heavy (non-hydrogen) atoms. The number of rotatable bonds is 5. The van der Waals surface area contributed by atoms with E-state index in [1.54, 1.807) is 17.0 Å². The quantitative estimate of drug-likeness (QED) is 0.572. The molecule has 0 aliphatic carbocycles. The molecule has 0 radical (unpaired) electrons. The topological polar surface area (TPSA) is 73.8 Å². The van der Waals surface area contributed by atoms with Crippen molar-refractivity contribution in [2.75, 3.05) is 63.1 Å². The highest BCUT2D eigenvalue weighted by molar-refractivity contribution is 6.04. The lowest BCUT2D eigenvalue weighted by Crippen LogP contribution is -2.46. The Morgan fingerprint density at radius 2 is 1.89 bits per heavy atom. The van der Waals surface area contributed by atoms with E-state index in [1.165, 1.54) is 18.5 Å². The SMILES string of the molecule is CN1CCN(CCC(=O)N2CCOc3c2ccc2ncnc(Nc4cccc(C(F)(F)F)c4)c32)CC1. The zero-order valence-electron chi connectivity index (χ0n) is 19.9. The van der Waals surface area contributed by atoms with E-state index < -0.39 is 11.7 Å². The fourth-order valence-corrected chi connectivity index (χ4v) is 4.55. The second kappa shape index (κ2) is 9.90. The summed E-state index contributed by atoms with van der Waals surface area (Å²) < 4.78 is 45.5. The first-order chi connectivity index (χ1) is 17.3. The maximum absolute atomic E-state index is 13.2. The first-order valence-corrected chi connectivity index (χ1v) is 11.9. The van der Waals surface area contributed by atoms with E-state index in [-0.39, 0.29) is 11.6 Å². The average molecular weight is 501 g/mol. The minimum absolute atomic E-state index is 0.00191. The summed E-state index contributed by atoms with van der Waals surface area (Å²) in [4.78, 5) is 28.1. The van der Waals surface area contributed by atoms with Crippen LogP contribution in [0.5, 0.6) is 5.75 Å². The second-order valence-corrected chi connectivity index (χ2v) is 9.02. The van der Waals surface area contributed by atoms with Crippen LogP contribution in [0.15, 0.2) is 42.7 Å². The minimum atomic E-state index is -4.46. The lowest BCUT2D eigenvalue weighted by molar-refractivity contribution is -0.137. The van der Waals surface area contributed by atoms with Crippen molar-refractivity contribution in [1.29, 1.82) is 0 Å². The van der Waals surface area contributed by atoms with Crippen LogP contribution in [-0.2, 0) is 11.0 Å². The number of hydrogen-bond acceptors (Lipinski definition) is 7. The van der Waals surface area contributed by atoms with Gasteiger partial charge in [0, 0.05) is 44.8 Å². The summed E-state index contributed by atoms with van der Waals surface area (Å²) in [6, 6.07) is 8.47. The number of ether oxygens (including phenoxy) is 1. The van der Waals surface area contributed by atoms with Gasteiger partial charge in [0.2, 0.25) is 5.91 Å². The van der Waals surface area contributed by atoms with E-state index in [2.05, 4.69) is 32.1 Å². The molecule has 1 amide bonds. The van der Waals surface area contributed by atoms with Gasteiger partial charge in [0.25, 0.3) is 0 Å². The number of hydrogen-bond donors (Lipinski definition) is 1. The van der Waals surface area contributed by atoms with E-state index in [1.807, 2.05) is 0 Å². The summed E-state index contributed by atoms with van der Waals surface area (Å²) in [7, 11) is 2.09. The highest BCUT2D eigenvalue weighted by Crippen LogP contribution is 2.42. The lowest BCUT2D eigenvalue weighted by atomic mass is 10.1. The normalized spacial score (nSPS) is 17.1. The van der Waals surface area contributed by atoms with Crippen molar-refractivity contribution in [2.45, 2.75) is 12.6 Å². The number of carbonyl (C=O) groups is 1. The summed E-state index contributed by atoms with van der Waals surface area (Å²) in [6.45, 7) is 5.27. The first kappa shape index (κ1) is 24.3. The largest absolute Gasteiger partial charge is 0.489 e. The average Bonchev–Trinajstić information content (AvgIpc) is 2.87. The van der Waals surface area contributed by atoms with Crippen molar-refractivity contribution < 1.29 is 22.7 Å². The molecule has 5 rings (SSSR count). The van der Waals surface area contributed by atoms with Crippen LogP contribution in [0, 0.1) is 0 Å². The second-order valence-electron chi connectivity index (χ2n) is 9.02. The Hall–Kier alpha value is -3.44. The fourth-order valence-electron chi connectivity index (χ4n) is 4.55. The molecule has 1 aromatic heterocycles. The monoisotopic (exact) mass is 500 g/mol. The zero-order chi connectivity index (χ0) is 25.3. The maximum Gasteiger partial charge on any atom is 0.416 e. The van der Waals surface area contributed by atoms with Gasteiger partial charge in [-0.3, -0.25) is 4.79 Å². The van der Waals surface area contributed by atoms with Crippen LogP contribution < -0.4 is 15.0 Å². The van der Waals surface area contributed by atoms with Crippen LogP contribution in [0.3, 0.4) is 0 Å². The number of piperazine rings is 1. The van der Waals surface area contributed by atoms with Gasteiger partial charge >= 0.3 is 6.18 Å². The number of nitrogens with one attached hydrogen (secondary N) is 1. The van der Waals surface area contributed by atoms with E-state index in [0.29, 0.717) is 54.3 Å². The van der Waals surface area contributed by atoms with Gasteiger partial charge in [-0.15, -0.1) is 0 Å². The third-order valence-electron chi connectivity index (χ3n) is 6.58. The molecule has 0 spiro atoms. The summed E-state index contributed by atoms with van der Waals surface area (Å²) in [5, 5.41) is 3.50. The molecule has 0 atom stereocenters.